The molecule has 3 aliphatic rings. The summed E-state index contributed by atoms with van der Waals surface area (Å²) in [5.74, 6) is 2.19. The third-order valence-corrected chi connectivity index (χ3v) is 6.72. The number of H-pyrrole nitrogens is 1. The Bertz CT molecular complexity index is 797. The van der Waals surface area contributed by atoms with Gasteiger partial charge in [-0.15, -0.1) is 0 Å². The molecule has 6 heteroatoms. The highest BCUT2D eigenvalue weighted by Gasteiger charge is 2.61. The number of nitrogens with one attached hydrogen (secondary N) is 1. The molecule has 1 saturated heterocycles. The van der Waals surface area contributed by atoms with Crippen molar-refractivity contribution in [3.63, 3.8) is 0 Å². The molecule has 0 aromatic carbocycles. The average Bonchev–Trinajstić information content (AvgIpc) is 3.46. The second-order valence-electron chi connectivity index (χ2n) is 9.18. The van der Waals surface area contributed by atoms with Gasteiger partial charge in [0.05, 0.1) is 5.92 Å². The number of amides is 1. The van der Waals surface area contributed by atoms with Crippen molar-refractivity contribution in [1.29, 1.82) is 0 Å². The summed E-state index contributed by atoms with van der Waals surface area (Å²) in [4.78, 5) is 15.3. The van der Waals surface area contributed by atoms with Crippen molar-refractivity contribution in [3.8, 4) is 0 Å². The van der Waals surface area contributed by atoms with Crippen LogP contribution in [0.25, 0.3) is 0 Å². The molecule has 3 fully saturated rings. The van der Waals surface area contributed by atoms with Crippen LogP contribution in [0.5, 0.6) is 0 Å². The van der Waals surface area contributed by atoms with Crippen LogP contribution in [0.1, 0.15) is 71.2 Å². The molecule has 0 spiro atoms. The van der Waals surface area contributed by atoms with Crippen LogP contribution in [-0.2, 0) is 4.79 Å². The number of hydrogen-bond donors (Lipinski definition) is 1. The van der Waals surface area contributed by atoms with Gasteiger partial charge in [-0.05, 0) is 63.1 Å². The molecule has 2 saturated carbocycles. The van der Waals surface area contributed by atoms with Gasteiger partial charge in [0, 0.05) is 25.0 Å². The standard InChI is InChI=1S/C20H30N4OS/c1-12(2)10-15-16(20(15,3)4)18(25)23-9-5-6-13(11-23)17-21-22-19(26)24(17)14-7-8-14/h10,13-16H,5-9,11H2,1-4H3,(H,22,26)/t13-,15+,16+/m0/s1. The summed E-state index contributed by atoms with van der Waals surface area (Å²) in [7, 11) is 0. The Hall–Kier alpha value is -1.43. The normalized spacial score (nSPS) is 30.2. The fourth-order valence-corrected chi connectivity index (χ4v) is 4.98. The maximum atomic E-state index is 13.2. The van der Waals surface area contributed by atoms with Gasteiger partial charge in [-0.3, -0.25) is 9.89 Å². The van der Waals surface area contributed by atoms with Crippen molar-refractivity contribution in [2.75, 3.05) is 13.1 Å². The molecular weight excluding hydrogens is 344 g/mol. The fraction of sp³-hybridized carbons (Fsp3) is 0.750. The number of aromatic nitrogens is 3. The number of carbonyl (C=O) groups is 1. The van der Waals surface area contributed by atoms with Gasteiger partial charge in [-0.2, -0.15) is 5.10 Å². The van der Waals surface area contributed by atoms with Gasteiger partial charge < -0.3 is 9.47 Å². The summed E-state index contributed by atoms with van der Waals surface area (Å²) in [6, 6.07) is 0.520. The van der Waals surface area contributed by atoms with E-state index in [2.05, 4.69) is 53.4 Å². The van der Waals surface area contributed by atoms with Crippen molar-refractivity contribution in [2.45, 2.75) is 65.3 Å². The second kappa shape index (κ2) is 6.32. The Morgan fingerprint density at radius 3 is 2.69 bits per heavy atom. The zero-order valence-electron chi connectivity index (χ0n) is 16.3. The zero-order valence-corrected chi connectivity index (χ0v) is 17.1. The van der Waals surface area contributed by atoms with Crippen LogP contribution >= 0.6 is 12.2 Å². The lowest BCUT2D eigenvalue weighted by atomic mass is 9.96. The first-order valence-electron chi connectivity index (χ1n) is 9.91. The van der Waals surface area contributed by atoms with Crippen molar-refractivity contribution >= 4 is 18.1 Å². The van der Waals surface area contributed by atoms with E-state index in [-0.39, 0.29) is 11.3 Å². The Morgan fingerprint density at radius 2 is 2.04 bits per heavy atom. The van der Waals surface area contributed by atoms with Gasteiger partial charge in [0.2, 0.25) is 5.91 Å². The summed E-state index contributed by atoms with van der Waals surface area (Å²) < 4.78 is 2.94. The summed E-state index contributed by atoms with van der Waals surface area (Å²) in [5.41, 5.74) is 1.38. The van der Waals surface area contributed by atoms with Gasteiger partial charge >= 0.3 is 0 Å². The average molecular weight is 375 g/mol. The van der Waals surface area contributed by atoms with Gasteiger partial charge in [0.25, 0.3) is 0 Å². The van der Waals surface area contributed by atoms with E-state index in [1.54, 1.807) is 0 Å². The predicted molar refractivity (Wildman–Crippen MR) is 104 cm³/mol. The molecule has 1 aliphatic heterocycles. The van der Waals surface area contributed by atoms with E-state index in [1.165, 1.54) is 18.4 Å². The molecule has 2 heterocycles. The monoisotopic (exact) mass is 374 g/mol. The number of rotatable bonds is 4. The molecule has 2 aliphatic carbocycles. The molecule has 0 unspecified atom stereocenters. The lowest BCUT2D eigenvalue weighted by Crippen LogP contribution is -2.41. The van der Waals surface area contributed by atoms with Crippen LogP contribution in [-0.4, -0.2) is 38.7 Å². The Balaban J connectivity index is 1.50. The molecule has 1 amide bonds. The second-order valence-corrected chi connectivity index (χ2v) is 9.57. The number of nitrogens with zero attached hydrogens (tertiary/aromatic N) is 3. The molecule has 3 atom stereocenters. The van der Waals surface area contributed by atoms with Crippen molar-refractivity contribution < 1.29 is 4.79 Å². The summed E-state index contributed by atoms with van der Waals surface area (Å²) in [6.07, 6.45) is 6.79. The van der Waals surface area contributed by atoms with E-state index in [9.17, 15) is 4.79 Å². The number of likely N-dealkylation sites (tertiary alicyclic amines) is 1. The number of carbonyl (C=O) groups excluding carboxylic acids is 1. The number of aromatic amines is 1. The Kier molecular flexibility index (Phi) is 4.37. The van der Waals surface area contributed by atoms with Crippen LogP contribution < -0.4 is 0 Å². The first-order chi connectivity index (χ1) is 12.3. The molecule has 26 heavy (non-hydrogen) atoms. The third-order valence-electron chi connectivity index (χ3n) is 6.43. The van der Waals surface area contributed by atoms with Gasteiger partial charge in [-0.25, -0.2) is 0 Å². The van der Waals surface area contributed by atoms with Crippen LogP contribution in [0.2, 0.25) is 0 Å². The predicted octanol–water partition coefficient (Wildman–Crippen LogP) is 4.22. The molecule has 1 N–H and O–H groups in total. The Morgan fingerprint density at radius 1 is 1.31 bits per heavy atom. The molecule has 0 radical (unpaired) electrons. The summed E-state index contributed by atoms with van der Waals surface area (Å²) >= 11 is 5.43. The largest absolute Gasteiger partial charge is 0.342 e. The van der Waals surface area contributed by atoms with Crippen molar-refractivity contribution in [2.24, 2.45) is 17.3 Å². The minimum atomic E-state index is 0.0787. The fourth-order valence-electron chi connectivity index (χ4n) is 4.69. The van der Waals surface area contributed by atoms with Gasteiger partial charge in [-0.1, -0.05) is 25.5 Å². The minimum Gasteiger partial charge on any atom is -0.342 e. The molecule has 4 rings (SSSR count). The lowest BCUT2D eigenvalue weighted by molar-refractivity contribution is -0.134. The highest BCUT2D eigenvalue weighted by atomic mass is 32.1. The van der Waals surface area contributed by atoms with E-state index >= 15 is 0 Å². The smallest absolute Gasteiger partial charge is 0.226 e. The summed E-state index contributed by atoms with van der Waals surface area (Å²) in [6.45, 7) is 10.3. The Labute approximate surface area is 160 Å². The van der Waals surface area contributed by atoms with Crippen LogP contribution in [0.15, 0.2) is 11.6 Å². The van der Waals surface area contributed by atoms with Crippen LogP contribution in [0.3, 0.4) is 0 Å². The maximum Gasteiger partial charge on any atom is 0.226 e. The molecular formula is C20H30N4OS. The zero-order chi connectivity index (χ0) is 18.6. The van der Waals surface area contributed by atoms with Gasteiger partial charge in [0.15, 0.2) is 4.77 Å². The molecule has 5 nitrogen and oxygen atoms in total. The van der Waals surface area contributed by atoms with E-state index in [0.717, 1.165) is 36.5 Å². The van der Waals surface area contributed by atoms with E-state index in [0.29, 0.717) is 23.8 Å². The number of allylic oxidation sites excluding steroid dienone is 2. The highest BCUT2D eigenvalue weighted by molar-refractivity contribution is 7.71. The topological polar surface area (TPSA) is 53.9 Å². The molecule has 142 valence electrons. The van der Waals surface area contributed by atoms with E-state index < -0.39 is 0 Å². The molecule has 1 aromatic heterocycles. The number of hydrogen-bond acceptors (Lipinski definition) is 3. The molecule has 0 bridgehead atoms. The van der Waals surface area contributed by atoms with Crippen LogP contribution in [0, 0.1) is 22.0 Å². The van der Waals surface area contributed by atoms with Crippen LogP contribution in [0.4, 0.5) is 0 Å². The first kappa shape index (κ1) is 18.0. The molecule has 1 aromatic rings. The van der Waals surface area contributed by atoms with Gasteiger partial charge in [0.1, 0.15) is 5.82 Å². The first-order valence-corrected chi connectivity index (χ1v) is 10.3. The minimum absolute atomic E-state index is 0.0787. The number of piperidine rings is 1. The maximum absolute atomic E-state index is 13.2. The van der Waals surface area contributed by atoms with E-state index in [1.807, 2.05) is 0 Å². The SMILES string of the molecule is CC(C)=C[C@@H]1[C@H](C(=O)N2CCC[C@H](c3n[nH]c(=S)n3C3CC3)C2)C1(C)C. The van der Waals surface area contributed by atoms with Crippen molar-refractivity contribution in [3.05, 3.63) is 22.2 Å². The highest BCUT2D eigenvalue weighted by Crippen LogP contribution is 2.60. The van der Waals surface area contributed by atoms with E-state index in [4.69, 9.17) is 12.2 Å². The van der Waals surface area contributed by atoms with Crippen molar-refractivity contribution in [1.82, 2.24) is 19.7 Å². The third kappa shape index (κ3) is 3.06. The quantitative estimate of drug-likeness (QED) is 0.634. The summed E-state index contributed by atoms with van der Waals surface area (Å²) in [5, 5.41) is 7.52. The lowest BCUT2D eigenvalue weighted by Gasteiger charge is -2.33.